The molecule has 0 saturated carbocycles. The molecule has 1 N–H and O–H groups in total. The van der Waals surface area contributed by atoms with Crippen LogP contribution in [0.4, 0.5) is 5.69 Å². The second-order valence-corrected chi connectivity index (χ2v) is 7.58. The summed E-state index contributed by atoms with van der Waals surface area (Å²) in [5, 5.41) is 2.93. The maximum absolute atomic E-state index is 12.8. The van der Waals surface area contributed by atoms with Crippen LogP contribution in [0.3, 0.4) is 0 Å². The number of nitrogens with one attached hydrogen (secondary N) is 1. The quantitative estimate of drug-likeness (QED) is 0.550. The van der Waals surface area contributed by atoms with Crippen LogP contribution in [0.15, 0.2) is 72.8 Å². The number of benzene rings is 3. The summed E-state index contributed by atoms with van der Waals surface area (Å²) in [6, 6.07) is 23.6. The molecule has 1 aliphatic rings. The first kappa shape index (κ1) is 20.9. The van der Waals surface area contributed by atoms with Crippen molar-refractivity contribution >= 4 is 11.6 Å². The van der Waals surface area contributed by atoms with Gasteiger partial charge in [0.2, 0.25) is 0 Å². The van der Waals surface area contributed by atoms with Crippen molar-refractivity contribution in [3.8, 4) is 11.5 Å². The smallest absolute Gasteiger partial charge is 0.250 e. The molecule has 31 heavy (non-hydrogen) atoms. The monoisotopic (exact) mass is 417 g/mol. The molecule has 0 radical (unpaired) electrons. The first-order valence-electron chi connectivity index (χ1n) is 10.6. The van der Waals surface area contributed by atoms with Crippen LogP contribution in [-0.4, -0.2) is 25.2 Å². The summed E-state index contributed by atoms with van der Waals surface area (Å²) in [7, 11) is 0. The van der Waals surface area contributed by atoms with Crippen molar-refractivity contribution in [2.24, 2.45) is 0 Å². The topological polar surface area (TPSA) is 56.8 Å². The number of rotatable bonds is 8. The Hall–Kier alpha value is -3.31. The van der Waals surface area contributed by atoms with Gasteiger partial charge in [0.05, 0.1) is 12.3 Å². The molecule has 0 fully saturated rings. The number of ether oxygens (including phenoxy) is 3. The summed E-state index contributed by atoms with van der Waals surface area (Å²) < 4.78 is 17.7. The zero-order valence-corrected chi connectivity index (χ0v) is 17.8. The van der Waals surface area contributed by atoms with Crippen molar-refractivity contribution in [2.45, 2.75) is 32.5 Å². The van der Waals surface area contributed by atoms with Crippen LogP contribution >= 0.6 is 0 Å². The molecule has 1 atom stereocenters. The number of hydrogen-bond acceptors (Lipinski definition) is 4. The van der Waals surface area contributed by atoms with Gasteiger partial charge in [-0.25, -0.2) is 0 Å². The standard InChI is InChI=1S/C26H27NO4/c1-3-29-24-15-21-14-18(2)31-23(21)16-22(24)27-25(28)17-30-26(19-10-6-4-7-11-19)20-12-8-5-9-13-20/h4-13,15-16,18,26H,3,14,17H2,1-2H3,(H,27,28). The molecule has 3 aromatic carbocycles. The van der Waals surface area contributed by atoms with E-state index in [0.717, 1.165) is 28.9 Å². The molecule has 160 valence electrons. The van der Waals surface area contributed by atoms with Gasteiger partial charge in [0.1, 0.15) is 30.3 Å². The largest absolute Gasteiger partial charge is 0.492 e. The molecular formula is C26H27NO4. The molecule has 0 aromatic heterocycles. The maximum Gasteiger partial charge on any atom is 0.250 e. The van der Waals surface area contributed by atoms with Gasteiger partial charge in [0.15, 0.2) is 0 Å². The Morgan fingerprint density at radius 1 is 1.06 bits per heavy atom. The highest BCUT2D eigenvalue weighted by atomic mass is 16.5. The van der Waals surface area contributed by atoms with E-state index in [-0.39, 0.29) is 24.7 Å². The fraction of sp³-hybridized carbons (Fsp3) is 0.269. The van der Waals surface area contributed by atoms with Crippen LogP contribution in [0.25, 0.3) is 0 Å². The van der Waals surface area contributed by atoms with Gasteiger partial charge in [0.25, 0.3) is 5.91 Å². The van der Waals surface area contributed by atoms with Crippen molar-refractivity contribution in [1.82, 2.24) is 0 Å². The molecule has 5 nitrogen and oxygen atoms in total. The molecule has 1 amide bonds. The van der Waals surface area contributed by atoms with Gasteiger partial charge >= 0.3 is 0 Å². The molecule has 0 saturated heterocycles. The van der Waals surface area contributed by atoms with E-state index in [4.69, 9.17) is 14.2 Å². The van der Waals surface area contributed by atoms with E-state index in [1.165, 1.54) is 0 Å². The molecular weight excluding hydrogens is 390 g/mol. The molecule has 0 aliphatic carbocycles. The predicted octanol–water partition coefficient (Wildman–Crippen LogP) is 5.15. The van der Waals surface area contributed by atoms with Crippen LogP contribution in [0.5, 0.6) is 11.5 Å². The normalized spacial score (nSPS) is 14.7. The van der Waals surface area contributed by atoms with Crippen LogP contribution in [0.1, 0.15) is 36.6 Å². The molecule has 1 unspecified atom stereocenters. The molecule has 1 heterocycles. The SMILES string of the molecule is CCOc1cc2c(cc1NC(=O)COC(c1ccccc1)c1ccccc1)OC(C)C2. The van der Waals surface area contributed by atoms with Gasteiger partial charge < -0.3 is 19.5 Å². The van der Waals surface area contributed by atoms with E-state index < -0.39 is 0 Å². The second kappa shape index (κ2) is 9.67. The number of hydrogen-bond donors (Lipinski definition) is 1. The van der Waals surface area contributed by atoms with Crippen LogP contribution in [0.2, 0.25) is 0 Å². The fourth-order valence-electron chi connectivity index (χ4n) is 3.80. The van der Waals surface area contributed by atoms with E-state index in [1.54, 1.807) is 0 Å². The third-order valence-electron chi connectivity index (χ3n) is 5.16. The highest BCUT2D eigenvalue weighted by Gasteiger charge is 2.23. The predicted molar refractivity (Wildman–Crippen MR) is 121 cm³/mol. The summed E-state index contributed by atoms with van der Waals surface area (Å²) >= 11 is 0. The summed E-state index contributed by atoms with van der Waals surface area (Å²) in [5.74, 6) is 1.19. The average Bonchev–Trinajstić information content (AvgIpc) is 3.14. The van der Waals surface area contributed by atoms with Crippen LogP contribution < -0.4 is 14.8 Å². The van der Waals surface area contributed by atoms with Crippen LogP contribution in [-0.2, 0) is 16.0 Å². The molecule has 3 aromatic rings. The molecule has 1 aliphatic heterocycles. The van der Waals surface area contributed by atoms with E-state index in [0.29, 0.717) is 18.0 Å². The second-order valence-electron chi connectivity index (χ2n) is 7.58. The van der Waals surface area contributed by atoms with E-state index in [9.17, 15) is 4.79 Å². The Kier molecular flexibility index (Phi) is 6.53. The van der Waals surface area contributed by atoms with Crippen molar-refractivity contribution in [1.29, 1.82) is 0 Å². The summed E-state index contributed by atoms with van der Waals surface area (Å²) in [5.41, 5.74) is 3.69. The lowest BCUT2D eigenvalue weighted by Crippen LogP contribution is -2.21. The van der Waals surface area contributed by atoms with E-state index in [1.807, 2.05) is 86.6 Å². The van der Waals surface area contributed by atoms with Crippen LogP contribution in [0, 0.1) is 0 Å². The molecule has 5 heteroatoms. The minimum atomic E-state index is -0.330. The lowest BCUT2D eigenvalue weighted by molar-refractivity contribution is -0.121. The molecule has 4 rings (SSSR count). The first-order chi connectivity index (χ1) is 15.1. The highest BCUT2D eigenvalue weighted by Crippen LogP contribution is 2.38. The Balaban J connectivity index is 1.49. The van der Waals surface area contributed by atoms with Gasteiger partial charge in [-0.05, 0) is 31.0 Å². The van der Waals surface area contributed by atoms with Crippen molar-refractivity contribution in [2.75, 3.05) is 18.5 Å². The minimum Gasteiger partial charge on any atom is -0.492 e. The Bertz CT molecular complexity index is 981. The Labute approximate surface area is 183 Å². The fourth-order valence-corrected chi connectivity index (χ4v) is 3.80. The van der Waals surface area contributed by atoms with Crippen molar-refractivity contribution in [3.63, 3.8) is 0 Å². The van der Waals surface area contributed by atoms with Gasteiger partial charge in [-0.1, -0.05) is 60.7 Å². The lowest BCUT2D eigenvalue weighted by Gasteiger charge is -2.19. The van der Waals surface area contributed by atoms with E-state index >= 15 is 0 Å². The zero-order chi connectivity index (χ0) is 21.6. The molecule has 0 bridgehead atoms. The minimum absolute atomic E-state index is 0.0889. The third-order valence-corrected chi connectivity index (χ3v) is 5.16. The van der Waals surface area contributed by atoms with E-state index in [2.05, 4.69) is 5.32 Å². The van der Waals surface area contributed by atoms with Gasteiger partial charge in [0, 0.05) is 18.1 Å². The Morgan fingerprint density at radius 3 is 2.32 bits per heavy atom. The number of anilines is 1. The van der Waals surface area contributed by atoms with Gasteiger partial charge in [-0.3, -0.25) is 4.79 Å². The third kappa shape index (κ3) is 5.06. The average molecular weight is 418 g/mol. The Morgan fingerprint density at radius 2 is 1.71 bits per heavy atom. The summed E-state index contributed by atoms with van der Waals surface area (Å²) in [4.78, 5) is 12.8. The summed E-state index contributed by atoms with van der Waals surface area (Å²) in [6.45, 7) is 4.37. The number of carbonyl (C=O) groups is 1. The number of amides is 1. The maximum atomic E-state index is 12.8. The summed E-state index contributed by atoms with van der Waals surface area (Å²) in [6.07, 6.45) is 0.628. The number of fused-ring (bicyclic) bond motifs is 1. The zero-order valence-electron chi connectivity index (χ0n) is 17.8. The van der Waals surface area contributed by atoms with Gasteiger partial charge in [-0.15, -0.1) is 0 Å². The van der Waals surface area contributed by atoms with Crippen molar-refractivity contribution < 1.29 is 19.0 Å². The lowest BCUT2D eigenvalue weighted by atomic mass is 10.0. The molecule has 0 spiro atoms. The highest BCUT2D eigenvalue weighted by molar-refractivity contribution is 5.93. The first-order valence-corrected chi connectivity index (χ1v) is 10.6. The number of carbonyl (C=O) groups excluding carboxylic acids is 1. The van der Waals surface area contributed by atoms with Crippen molar-refractivity contribution in [3.05, 3.63) is 89.5 Å². The van der Waals surface area contributed by atoms with Gasteiger partial charge in [-0.2, -0.15) is 0 Å².